The third kappa shape index (κ3) is 2.16. The van der Waals surface area contributed by atoms with Crippen LogP contribution in [0.25, 0.3) is 0 Å². The van der Waals surface area contributed by atoms with Gasteiger partial charge in [0, 0.05) is 25.5 Å². The van der Waals surface area contributed by atoms with Crippen molar-refractivity contribution in [2.24, 2.45) is 0 Å². The summed E-state index contributed by atoms with van der Waals surface area (Å²) in [7, 11) is 0. The van der Waals surface area contributed by atoms with Crippen LogP contribution in [-0.4, -0.2) is 28.9 Å². The standard InChI is InChI=1S/C10H12ClNO3/c11-7-5-9(10(13)14)12(6-7)8-1-3-15-4-2-8/h5-6,8H,1-4H2,(H,13,14). The van der Waals surface area contributed by atoms with Crippen LogP contribution in [0.5, 0.6) is 0 Å². The van der Waals surface area contributed by atoms with E-state index < -0.39 is 5.97 Å². The van der Waals surface area contributed by atoms with Gasteiger partial charge in [0.2, 0.25) is 0 Å². The summed E-state index contributed by atoms with van der Waals surface area (Å²) in [6, 6.07) is 1.68. The van der Waals surface area contributed by atoms with Crippen LogP contribution in [0.1, 0.15) is 29.4 Å². The molecule has 1 aliphatic rings. The molecule has 15 heavy (non-hydrogen) atoms. The number of carbonyl (C=O) groups is 1. The van der Waals surface area contributed by atoms with Gasteiger partial charge in [-0.25, -0.2) is 4.79 Å². The number of carboxylic acid groups (broad SMARTS) is 1. The number of nitrogens with zero attached hydrogens (tertiary/aromatic N) is 1. The van der Waals surface area contributed by atoms with Crippen molar-refractivity contribution in [3.8, 4) is 0 Å². The average Bonchev–Trinajstić information content (AvgIpc) is 2.62. The number of carboxylic acids is 1. The van der Waals surface area contributed by atoms with Crippen molar-refractivity contribution in [1.82, 2.24) is 4.57 Å². The normalized spacial score (nSPS) is 17.9. The van der Waals surface area contributed by atoms with E-state index in [0.717, 1.165) is 12.8 Å². The first kappa shape index (κ1) is 10.5. The van der Waals surface area contributed by atoms with Gasteiger partial charge in [-0.2, -0.15) is 0 Å². The van der Waals surface area contributed by atoms with Crippen molar-refractivity contribution in [2.45, 2.75) is 18.9 Å². The van der Waals surface area contributed by atoms with E-state index >= 15 is 0 Å². The third-order valence-electron chi connectivity index (χ3n) is 2.62. The predicted molar refractivity (Wildman–Crippen MR) is 55.5 cm³/mol. The van der Waals surface area contributed by atoms with Gasteiger partial charge in [0.15, 0.2) is 0 Å². The molecule has 0 unspecified atom stereocenters. The van der Waals surface area contributed by atoms with E-state index in [-0.39, 0.29) is 11.7 Å². The minimum absolute atomic E-state index is 0.192. The smallest absolute Gasteiger partial charge is 0.352 e. The molecule has 0 amide bonds. The van der Waals surface area contributed by atoms with Crippen LogP contribution in [0, 0.1) is 0 Å². The molecule has 0 saturated carbocycles. The molecule has 5 heteroatoms. The Morgan fingerprint density at radius 1 is 1.53 bits per heavy atom. The number of hydrogen-bond acceptors (Lipinski definition) is 2. The van der Waals surface area contributed by atoms with Crippen LogP contribution in [0.4, 0.5) is 0 Å². The molecule has 0 aliphatic carbocycles. The number of ether oxygens (including phenoxy) is 1. The minimum Gasteiger partial charge on any atom is -0.477 e. The molecule has 1 aromatic rings. The van der Waals surface area contributed by atoms with E-state index in [0.29, 0.717) is 18.2 Å². The van der Waals surface area contributed by atoms with Gasteiger partial charge < -0.3 is 14.4 Å². The maximum atomic E-state index is 11.0. The summed E-state index contributed by atoms with van der Waals surface area (Å²) < 4.78 is 6.98. The third-order valence-corrected chi connectivity index (χ3v) is 2.83. The zero-order valence-corrected chi connectivity index (χ0v) is 8.91. The number of aromatic carboxylic acids is 1. The van der Waals surface area contributed by atoms with Crippen molar-refractivity contribution in [3.05, 3.63) is 23.0 Å². The molecule has 4 nitrogen and oxygen atoms in total. The monoisotopic (exact) mass is 229 g/mol. The minimum atomic E-state index is -0.937. The number of aromatic nitrogens is 1. The maximum Gasteiger partial charge on any atom is 0.352 e. The Kier molecular flexibility index (Phi) is 2.98. The van der Waals surface area contributed by atoms with Gasteiger partial charge >= 0.3 is 5.97 Å². The van der Waals surface area contributed by atoms with Crippen molar-refractivity contribution >= 4 is 17.6 Å². The maximum absolute atomic E-state index is 11.0. The van der Waals surface area contributed by atoms with Gasteiger partial charge in [-0.1, -0.05) is 11.6 Å². The highest BCUT2D eigenvalue weighted by molar-refractivity contribution is 6.30. The molecule has 0 bridgehead atoms. The van der Waals surface area contributed by atoms with Gasteiger partial charge in [0.25, 0.3) is 0 Å². The largest absolute Gasteiger partial charge is 0.477 e. The van der Waals surface area contributed by atoms with E-state index in [2.05, 4.69) is 0 Å². The fraction of sp³-hybridized carbons (Fsp3) is 0.500. The molecular weight excluding hydrogens is 218 g/mol. The fourth-order valence-electron chi connectivity index (χ4n) is 1.88. The Hall–Kier alpha value is -1.00. The van der Waals surface area contributed by atoms with E-state index in [4.69, 9.17) is 21.4 Å². The second-order valence-corrected chi connectivity index (χ2v) is 4.04. The second-order valence-electron chi connectivity index (χ2n) is 3.60. The average molecular weight is 230 g/mol. The highest BCUT2D eigenvalue weighted by Crippen LogP contribution is 2.26. The lowest BCUT2D eigenvalue weighted by Gasteiger charge is -2.24. The van der Waals surface area contributed by atoms with Crippen LogP contribution < -0.4 is 0 Å². The molecule has 1 N–H and O–H groups in total. The molecule has 0 radical (unpaired) electrons. The quantitative estimate of drug-likeness (QED) is 0.846. The first-order valence-electron chi connectivity index (χ1n) is 4.87. The van der Waals surface area contributed by atoms with Crippen LogP contribution in [-0.2, 0) is 4.74 Å². The predicted octanol–water partition coefficient (Wildman–Crippen LogP) is 2.19. The fourth-order valence-corrected chi connectivity index (χ4v) is 2.09. The summed E-state index contributed by atoms with van der Waals surface area (Å²) in [5.74, 6) is -0.937. The summed E-state index contributed by atoms with van der Waals surface area (Å²) in [4.78, 5) is 11.0. The number of hydrogen-bond donors (Lipinski definition) is 1. The zero-order chi connectivity index (χ0) is 10.8. The summed E-state index contributed by atoms with van der Waals surface area (Å²) in [6.45, 7) is 1.36. The van der Waals surface area contributed by atoms with E-state index in [1.165, 1.54) is 6.07 Å². The number of rotatable bonds is 2. The molecule has 1 aliphatic heterocycles. The molecule has 0 spiro atoms. The Balaban J connectivity index is 2.28. The molecule has 82 valence electrons. The Morgan fingerprint density at radius 2 is 2.20 bits per heavy atom. The van der Waals surface area contributed by atoms with E-state index in [1.807, 2.05) is 0 Å². The summed E-state index contributed by atoms with van der Waals surface area (Å²) in [5, 5.41) is 9.47. The van der Waals surface area contributed by atoms with Crippen LogP contribution in [0.3, 0.4) is 0 Å². The lowest BCUT2D eigenvalue weighted by atomic mass is 10.1. The van der Waals surface area contributed by atoms with E-state index in [9.17, 15) is 4.79 Å². The van der Waals surface area contributed by atoms with Crippen molar-refractivity contribution < 1.29 is 14.6 Å². The topological polar surface area (TPSA) is 51.5 Å². The molecule has 0 aromatic carbocycles. The zero-order valence-electron chi connectivity index (χ0n) is 8.15. The first-order chi connectivity index (χ1) is 7.18. The van der Waals surface area contributed by atoms with Crippen molar-refractivity contribution in [2.75, 3.05) is 13.2 Å². The SMILES string of the molecule is O=C(O)c1cc(Cl)cn1C1CCOCC1. The molecule has 2 heterocycles. The summed E-state index contributed by atoms with van der Waals surface area (Å²) in [6.07, 6.45) is 3.36. The lowest BCUT2D eigenvalue weighted by molar-refractivity contribution is 0.0609. The highest BCUT2D eigenvalue weighted by Gasteiger charge is 2.21. The van der Waals surface area contributed by atoms with E-state index in [1.54, 1.807) is 10.8 Å². The Bertz CT molecular complexity index is 369. The van der Waals surface area contributed by atoms with Gasteiger partial charge in [-0.3, -0.25) is 0 Å². The van der Waals surface area contributed by atoms with Crippen molar-refractivity contribution in [1.29, 1.82) is 0 Å². The Labute approximate surface area is 92.4 Å². The van der Waals surface area contributed by atoms with Crippen LogP contribution in [0.2, 0.25) is 5.02 Å². The molecule has 0 atom stereocenters. The van der Waals surface area contributed by atoms with Crippen LogP contribution in [0.15, 0.2) is 12.3 Å². The van der Waals surface area contributed by atoms with Crippen molar-refractivity contribution in [3.63, 3.8) is 0 Å². The highest BCUT2D eigenvalue weighted by atomic mass is 35.5. The van der Waals surface area contributed by atoms with Gasteiger partial charge in [0.1, 0.15) is 5.69 Å². The molecule has 1 aromatic heterocycles. The number of halogens is 1. The van der Waals surface area contributed by atoms with Crippen LogP contribution >= 0.6 is 11.6 Å². The first-order valence-corrected chi connectivity index (χ1v) is 5.24. The van der Waals surface area contributed by atoms with Gasteiger partial charge in [0.05, 0.1) is 5.02 Å². The molecular formula is C10H12ClNO3. The summed E-state index contributed by atoms with van der Waals surface area (Å²) >= 11 is 5.81. The second kappa shape index (κ2) is 4.24. The molecule has 1 saturated heterocycles. The Morgan fingerprint density at radius 3 is 2.80 bits per heavy atom. The molecule has 1 fully saturated rings. The lowest BCUT2D eigenvalue weighted by Crippen LogP contribution is -2.21. The van der Waals surface area contributed by atoms with Gasteiger partial charge in [-0.05, 0) is 18.9 Å². The molecule has 2 rings (SSSR count). The van der Waals surface area contributed by atoms with Gasteiger partial charge in [-0.15, -0.1) is 0 Å². The summed E-state index contributed by atoms with van der Waals surface area (Å²) in [5.41, 5.74) is 0.256.